The molecule has 1 aliphatic heterocycles. The summed E-state index contributed by atoms with van der Waals surface area (Å²) < 4.78 is 16.2. The van der Waals surface area contributed by atoms with E-state index in [1.807, 2.05) is 0 Å². The summed E-state index contributed by atoms with van der Waals surface area (Å²) in [6.07, 6.45) is 3.25. The van der Waals surface area contributed by atoms with Crippen molar-refractivity contribution in [2.24, 2.45) is 0 Å². The Kier molecular flexibility index (Phi) is 7.41. The maximum absolute atomic E-state index is 11.1. The van der Waals surface area contributed by atoms with Crippen molar-refractivity contribution < 1.29 is 23.8 Å². The second-order valence-corrected chi connectivity index (χ2v) is 5.49. The summed E-state index contributed by atoms with van der Waals surface area (Å²) in [5.74, 6) is 5.18. The number of hydrogen-bond donors (Lipinski definition) is 0. The van der Waals surface area contributed by atoms with E-state index in [0.29, 0.717) is 19.2 Å². The summed E-state index contributed by atoms with van der Waals surface area (Å²) in [5, 5.41) is 0. The van der Waals surface area contributed by atoms with Gasteiger partial charge in [-0.05, 0) is 20.3 Å². The monoisotopic (exact) mass is 296 g/mol. The number of rotatable bonds is 8. The van der Waals surface area contributed by atoms with Crippen LogP contribution in [0.3, 0.4) is 0 Å². The van der Waals surface area contributed by atoms with Gasteiger partial charge in [0.2, 0.25) is 0 Å². The van der Waals surface area contributed by atoms with Crippen LogP contribution in [0.25, 0.3) is 0 Å². The average molecular weight is 296 g/mol. The van der Waals surface area contributed by atoms with Crippen molar-refractivity contribution in [2.75, 3.05) is 0 Å². The Morgan fingerprint density at radius 1 is 1.24 bits per heavy atom. The quantitative estimate of drug-likeness (QED) is 0.390. The normalized spacial score (nSPS) is 24.7. The lowest BCUT2D eigenvalue weighted by molar-refractivity contribution is -0.163. The Balaban J connectivity index is 2.59. The molecule has 0 saturated carbocycles. The van der Waals surface area contributed by atoms with Crippen LogP contribution in [0.4, 0.5) is 0 Å². The van der Waals surface area contributed by atoms with Gasteiger partial charge in [0.15, 0.2) is 12.1 Å². The first-order valence-corrected chi connectivity index (χ1v) is 7.39. The molecule has 0 bridgehead atoms. The first kappa shape index (κ1) is 17.7. The molecule has 0 spiro atoms. The smallest absolute Gasteiger partial charge is 0.293 e. The average Bonchev–Trinajstić information content (AvgIpc) is 2.76. The van der Waals surface area contributed by atoms with Crippen LogP contribution >= 0.6 is 0 Å². The van der Waals surface area contributed by atoms with Crippen LogP contribution in [0, 0.1) is 11.8 Å². The Morgan fingerprint density at radius 2 is 2.00 bits per heavy atom. The van der Waals surface area contributed by atoms with E-state index >= 15 is 0 Å². The zero-order chi connectivity index (χ0) is 15.7. The summed E-state index contributed by atoms with van der Waals surface area (Å²) in [5.41, 5.74) is 0. The summed E-state index contributed by atoms with van der Waals surface area (Å²) in [6, 6.07) is 0. The minimum Gasteiger partial charge on any atom is -0.461 e. The molecule has 1 aliphatic rings. The third-order valence-corrected chi connectivity index (χ3v) is 3.23. The maximum atomic E-state index is 11.1. The molecule has 0 aromatic rings. The minimum atomic E-state index is -0.866. The fraction of sp³-hybridized carbons (Fsp3) is 0.750. The highest BCUT2D eigenvalue weighted by Crippen LogP contribution is 2.30. The fourth-order valence-electron chi connectivity index (χ4n) is 2.25. The van der Waals surface area contributed by atoms with Gasteiger partial charge in [-0.25, -0.2) is 0 Å². The molecule has 0 aromatic carbocycles. The molecule has 118 valence electrons. The number of unbranched alkanes of at least 4 members (excludes halogenated alkanes) is 3. The number of carbonyl (C=O) groups excluding carboxylic acids is 2. The van der Waals surface area contributed by atoms with Crippen LogP contribution in [0.15, 0.2) is 0 Å². The summed E-state index contributed by atoms with van der Waals surface area (Å²) in [6.45, 7) is 5.94. The van der Waals surface area contributed by atoms with E-state index in [4.69, 9.17) is 14.2 Å². The Bertz CT molecular complexity index is 393. The molecule has 1 heterocycles. The second-order valence-electron chi connectivity index (χ2n) is 5.49. The highest BCUT2D eigenvalue weighted by molar-refractivity contribution is 5.58. The van der Waals surface area contributed by atoms with Gasteiger partial charge in [0.05, 0.1) is 0 Å². The summed E-state index contributed by atoms with van der Waals surface area (Å²) in [4.78, 5) is 21.7. The Labute approximate surface area is 126 Å². The molecule has 3 atom stereocenters. The maximum Gasteiger partial charge on any atom is 0.293 e. The van der Waals surface area contributed by atoms with Gasteiger partial charge >= 0.3 is 0 Å². The molecule has 5 heteroatoms. The van der Waals surface area contributed by atoms with Gasteiger partial charge in [-0.2, -0.15) is 0 Å². The van der Waals surface area contributed by atoms with E-state index in [9.17, 15) is 9.59 Å². The zero-order valence-electron chi connectivity index (χ0n) is 13.0. The van der Waals surface area contributed by atoms with Crippen LogP contribution in [-0.4, -0.2) is 36.9 Å². The van der Waals surface area contributed by atoms with Crippen molar-refractivity contribution in [1.82, 2.24) is 0 Å². The molecule has 0 radical (unpaired) electrons. The molecular formula is C16H24O5. The van der Waals surface area contributed by atoms with Crippen molar-refractivity contribution in [3.8, 4) is 11.8 Å². The van der Waals surface area contributed by atoms with Gasteiger partial charge < -0.3 is 19.0 Å². The molecule has 0 N–H and O–H groups in total. The molecule has 1 saturated heterocycles. The first-order chi connectivity index (χ1) is 10.0. The molecular weight excluding hydrogens is 272 g/mol. The summed E-state index contributed by atoms with van der Waals surface area (Å²) in [7, 11) is 0. The number of hydrogen-bond acceptors (Lipinski definition) is 5. The SMILES string of the molecule is CCCCCC#CC[C@H](OC=O)[C@H]1OC(C)(C)O[C@H]1C=O. The number of ether oxygens (including phenoxy) is 3. The van der Waals surface area contributed by atoms with Crippen molar-refractivity contribution in [3.63, 3.8) is 0 Å². The highest BCUT2D eigenvalue weighted by Gasteiger charge is 2.45. The number of aldehydes is 1. The van der Waals surface area contributed by atoms with Crippen molar-refractivity contribution in [2.45, 2.75) is 77.0 Å². The highest BCUT2D eigenvalue weighted by atomic mass is 16.8. The first-order valence-electron chi connectivity index (χ1n) is 7.39. The van der Waals surface area contributed by atoms with Crippen molar-refractivity contribution >= 4 is 12.8 Å². The Hall–Kier alpha value is -1.38. The van der Waals surface area contributed by atoms with E-state index in [2.05, 4.69) is 18.8 Å². The van der Waals surface area contributed by atoms with E-state index in [-0.39, 0.29) is 0 Å². The predicted octanol–water partition coefficient (Wildman–Crippen LogP) is 2.22. The Morgan fingerprint density at radius 3 is 2.62 bits per heavy atom. The third kappa shape index (κ3) is 5.86. The minimum absolute atomic E-state index is 0.333. The molecule has 0 aromatic heterocycles. The molecule has 0 aliphatic carbocycles. The van der Waals surface area contributed by atoms with Crippen molar-refractivity contribution in [1.29, 1.82) is 0 Å². The topological polar surface area (TPSA) is 61.8 Å². The van der Waals surface area contributed by atoms with Gasteiger partial charge in [0.1, 0.15) is 18.3 Å². The van der Waals surface area contributed by atoms with E-state index < -0.39 is 24.1 Å². The van der Waals surface area contributed by atoms with Crippen molar-refractivity contribution in [3.05, 3.63) is 0 Å². The molecule has 0 unspecified atom stereocenters. The van der Waals surface area contributed by atoms with Crippen LogP contribution in [-0.2, 0) is 23.8 Å². The fourth-order valence-corrected chi connectivity index (χ4v) is 2.25. The van der Waals surface area contributed by atoms with E-state index in [1.54, 1.807) is 13.8 Å². The largest absolute Gasteiger partial charge is 0.461 e. The van der Waals surface area contributed by atoms with Gasteiger partial charge in [-0.3, -0.25) is 4.79 Å². The van der Waals surface area contributed by atoms with Gasteiger partial charge in [-0.1, -0.05) is 25.7 Å². The zero-order valence-corrected chi connectivity index (χ0v) is 13.0. The van der Waals surface area contributed by atoms with Gasteiger partial charge in [0, 0.05) is 12.8 Å². The van der Waals surface area contributed by atoms with Gasteiger partial charge in [-0.15, -0.1) is 5.92 Å². The standard InChI is InChI=1S/C16H24O5/c1-4-5-6-7-8-9-10-13(19-12-18)15-14(11-17)20-16(2,3)21-15/h11-15H,4-7,10H2,1-3H3/t13-,14-,15+/m0/s1. The molecule has 0 amide bonds. The molecule has 21 heavy (non-hydrogen) atoms. The lowest BCUT2D eigenvalue weighted by atomic mass is 10.1. The predicted molar refractivity (Wildman–Crippen MR) is 77.4 cm³/mol. The van der Waals surface area contributed by atoms with Crippen LogP contribution in [0.5, 0.6) is 0 Å². The second kappa shape index (κ2) is 8.81. The van der Waals surface area contributed by atoms with E-state index in [1.165, 1.54) is 0 Å². The van der Waals surface area contributed by atoms with Crippen LogP contribution < -0.4 is 0 Å². The number of carbonyl (C=O) groups is 2. The summed E-state index contributed by atoms with van der Waals surface area (Å²) >= 11 is 0. The third-order valence-electron chi connectivity index (χ3n) is 3.23. The van der Waals surface area contributed by atoms with Gasteiger partial charge in [0.25, 0.3) is 6.47 Å². The lowest BCUT2D eigenvalue weighted by Gasteiger charge is -2.22. The molecule has 1 rings (SSSR count). The van der Waals surface area contributed by atoms with Crippen LogP contribution in [0.1, 0.15) is 52.9 Å². The van der Waals surface area contributed by atoms with Crippen LogP contribution in [0.2, 0.25) is 0 Å². The lowest BCUT2D eigenvalue weighted by Crippen LogP contribution is -2.37. The molecule has 5 nitrogen and oxygen atoms in total. The molecule has 1 fully saturated rings. The van der Waals surface area contributed by atoms with E-state index in [0.717, 1.165) is 25.7 Å².